The smallest absolute Gasteiger partial charge is 0.469 e. The van der Waals surface area contributed by atoms with Crippen LogP contribution in [0.2, 0.25) is 0 Å². The third-order valence-electron chi connectivity index (χ3n) is 7.00. The van der Waals surface area contributed by atoms with Crippen molar-refractivity contribution in [2.75, 3.05) is 26.7 Å². The molecule has 0 unspecified atom stereocenters. The van der Waals surface area contributed by atoms with Crippen molar-refractivity contribution in [3.05, 3.63) is 15.6 Å². The minimum atomic E-state index is -4.86. The molecule has 1 saturated heterocycles. The Morgan fingerprint density at radius 2 is 1.71 bits per heavy atom. The van der Waals surface area contributed by atoms with Crippen molar-refractivity contribution in [3.63, 3.8) is 0 Å². The summed E-state index contributed by atoms with van der Waals surface area (Å²) in [6.45, 7) is 1.13. The van der Waals surface area contributed by atoms with Gasteiger partial charge in [0.1, 0.15) is 0 Å². The Morgan fingerprint density at radius 1 is 1.03 bits per heavy atom. The molecule has 3 aliphatic rings. The Morgan fingerprint density at radius 3 is 2.32 bits per heavy atom. The summed E-state index contributed by atoms with van der Waals surface area (Å²) in [7, 11) is 1.39. The maximum atomic E-state index is 12.8. The minimum Gasteiger partial charge on any atom is -0.469 e. The number of esters is 1. The molecule has 2 fully saturated rings. The van der Waals surface area contributed by atoms with Crippen LogP contribution in [0, 0.1) is 5.92 Å². The Hall–Kier alpha value is -2.37. The highest BCUT2D eigenvalue weighted by atomic mass is 32.1. The number of methoxy groups -OCH3 is 1. The first-order valence-electron chi connectivity index (χ1n) is 11.6. The average Bonchev–Trinajstić information content (AvgIpc) is 3.26. The van der Waals surface area contributed by atoms with E-state index in [0.717, 1.165) is 46.2 Å². The van der Waals surface area contributed by atoms with E-state index < -0.39 is 12.1 Å². The van der Waals surface area contributed by atoms with Gasteiger partial charge in [0.25, 0.3) is 0 Å². The lowest BCUT2D eigenvalue weighted by Crippen LogP contribution is -2.48. The molecule has 2 aliphatic heterocycles. The number of ether oxygens (including phenoxy) is 1. The predicted molar refractivity (Wildman–Crippen MR) is 117 cm³/mol. The van der Waals surface area contributed by atoms with Gasteiger partial charge < -0.3 is 19.9 Å². The fourth-order valence-corrected chi connectivity index (χ4v) is 6.27. The number of carbonyl (C=O) groups excluding carboxylic acids is 3. The van der Waals surface area contributed by atoms with Gasteiger partial charge in [0, 0.05) is 42.9 Å². The highest BCUT2D eigenvalue weighted by Crippen LogP contribution is 2.36. The van der Waals surface area contributed by atoms with Crippen LogP contribution >= 0.6 is 11.3 Å². The van der Waals surface area contributed by atoms with Crippen LogP contribution in [0.15, 0.2) is 0 Å². The lowest BCUT2D eigenvalue weighted by atomic mass is 9.86. The highest BCUT2D eigenvalue weighted by molar-refractivity contribution is 7.11. The second-order valence-electron chi connectivity index (χ2n) is 9.18. The van der Waals surface area contributed by atoms with Crippen LogP contribution in [0.1, 0.15) is 60.0 Å². The first kappa shape index (κ1) is 24.7. The number of alkyl halides is 3. The van der Waals surface area contributed by atoms with Crippen LogP contribution in [-0.2, 0) is 27.3 Å². The molecular formula is C22H29F3N4O4S. The summed E-state index contributed by atoms with van der Waals surface area (Å²) >= 11 is 1.39. The quantitative estimate of drug-likeness (QED) is 0.641. The Bertz CT molecular complexity index is 922. The normalized spacial score (nSPS) is 23.9. The van der Waals surface area contributed by atoms with Gasteiger partial charge in [0.05, 0.1) is 30.3 Å². The fourth-order valence-electron chi connectivity index (χ4n) is 4.98. The molecule has 12 heteroatoms. The zero-order chi connectivity index (χ0) is 24.5. The molecule has 0 bridgehead atoms. The fraction of sp³-hybridized carbons (Fsp3) is 0.727. The number of carbonyl (C=O) groups is 3. The first-order chi connectivity index (χ1) is 16.2. The number of aromatic nitrogens is 1. The number of hydrogen-bond acceptors (Lipinski definition) is 6. The molecule has 0 spiro atoms. The van der Waals surface area contributed by atoms with Crippen LogP contribution in [0.5, 0.6) is 0 Å². The highest BCUT2D eigenvalue weighted by Gasteiger charge is 2.43. The molecule has 188 valence electrons. The van der Waals surface area contributed by atoms with Gasteiger partial charge in [-0.25, -0.2) is 9.78 Å². The van der Waals surface area contributed by atoms with Crippen molar-refractivity contribution in [1.82, 2.24) is 20.1 Å². The van der Waals surface area contributed by atoms with Crippen molar-refractivity contribution < 1.29 is 32.3 Å². The Labute approximate surface area is 199 Å². The molecule has 4 rings (SSSR count). The van der Waals surface area contributed by atoms with Crippen molar-refractivity contribution in [2.24, 2.45) is 5.92 Å². The van der Waals surface area contributed by atoms with E-state index in [2.05, 4.69) is 10.3 Å². The van der Waals surface area contributed by atoms with E-state index in [-0.39, 0.29) is 43.0 Å². The summed E-state index contributed by atoms with van der Waals surface area (Å²) in [6.07, 6.45) is -0.145. The number of halogens is 3. The second-order valence-corrected chi connectivity index (χ2v) is 10.3. The molecule has 0 aromatic carbocycles. The van der Waals surface area contributed by atoms with Gasteiger partial charge in [0.15, 0.2) is 0 Å². The minimum absolute atomic E-state index is 0.0225. The summed E-state index contributed by atoms with van der Waals surface area (Å²) in [5.41, 5.74) is 0.786. The van der Waals surface area contributed by atoms with Gasteiger partial charge in [-0.15, -0.1) is 11.3 Å². The maximum Gasteiger partial charge on any atom is 0.471 e. The van der Waals surface area contributed by atoms with Crippen molar-refractivity contribution in [3.8, 4) is 0 Å². The molecular weight excluding hydrogens is 473 g/mol. The first-order valence-corrected chi connectivity index (χ1v) is 12.4. The van der Waals surface area contributed by atoms with Crippen molar-refractivity contribution in [1.29, 1.82) is 0 Å². The van der Waals surface area contributed by atoms with Gasteiger partial charge in [-0.2, -0.15) is 13.2 Å². The zero-order valence-corrected chi connectivity index (χ0v) is 19.8. The number of rotatable bonds is 3. The predicted octanol–water partition coefficient (Wildman–Crippen LogP) is 3.21. The number of nitrogens with one attached hydrogen (secondary N) is 1. The number of thiazole rings is 1. The number of amides is 3. The van der Waals surface area contributed by atoms with Crippen LogP contribution in [0.4, 0.5) is 18.0 Å². The van der Waals surface area contributed by atoms with E-state index in [1.807, 2.05) is 0 Å². The summed E-state index contributed by atoms with van der Waals surface area (Å²) in [6, 6.07) is -0.0427. The standard InChI is InChI=1S/C22H29F3N4O4S/c1-33-19(30)14-2-4-15(5-3-14)26-21(32)28-9-6-13(7-10-28)18-27-16-8-11-29(12-17(16)34-18)20(31)22(23,24)25/h13-15H,2-12H2,1H3,(H,26,32)/t14-,15-. The summed E-state index contributed by atoms with van der Waals surface area (Å²) < 4.78 is 43.1. The van der Waals surface area contributed by atoms with E-state index in [9.17, 15) is 27.6 Å². The lowest BCUT2D eigenvalue weighted by molar-refractivity contribution is -0.186. The van der Waals surface area contributed by atoms with Crippen molar-refractivity contribution >= 4 is 29.2 Å². The van der Waals surface area contributed by atoms with E-state index >= 15 is 0 Å². The van der Waals surface area contributed by atoms with E-state index in [4.69, 9.17) is 4.74 Å². The Balaban J connectivity index is 1.25. The van der Waals surface area contributed by atoms with Gasteiger partial charge in [-0.3, -0.25) is 9.59 Å². The van der Waals surface area contributed by atoms with E-state index in [1.165, 1.54) is 18.4 Å². The second kappa shape index (κ2) is 10.1. The molecule has 0 radical (unpaired) electrons. The lowest BCUT2D eigenvalue weighted by Gasteiger charge is -2.34. The molecule has 1 aromatic heterocycles. The largest absolute Gasteiger partial charge is 0.471 e. The summed E-state index contributed by atoms with van der Waals surface area (Å²) in [5, 5.41) is 3.96. The van der Waals surface area contributed by atoms with Gasteiger partial charge >= 0.3 is 24.1 Å². The number of likely N-dealkylation sites (tertiary alicyclic amines) is 1. The number of hydrogen-bond donors (Lipinski definition) is 1. The third-order valence-corrected chi connectivity index (χ3v) is 8.24. The number of urea groups is 1. The van der Waals surface area contributed by atoms with Crippen LogP contribution in [0.25, 0.3) is 0 Å². The van der Waals surface area contributed by atoms with Gasteiger partial charge in [-0.05, 0) is 38.5 Å². The molecule has 3 amide bonds. The van der Waals surface area contributed by atoms with Crippen LogP contribution < -0.4 is 5.32 Å². The molecule has 1 aliphatic carbocycles. The third kappa shape index (κ3) is 5.47. The zero-order valence-electron chi connectivity index (χ0n) is 19.0. The molecule has 8 nitrogen and oxygen atoms in total. The molecule has 0 atom stereocenters. The van der Waals surface area contributed by atoms with Crippen LogP contribution in [-0.4, -0.2) is 71.7 Å². The van der Waals surface area contributed by atoms with Gasteiger partial charge in [0.2, 0.25) is 0 Å². The molecule has 34 heavy (non-hydrogen) atoms. The number of fused-ring (bicyclic) bond motifs is 1. The molecule has 1 saturated carbocycles. The van der Waals surface area contributed by atoms with Crippen molar-refractivity contribution in [2.45, 2.75) is 69.6 Å². The molecule has 1 N–H and O–H groups in total. The molecule has 3 heterocycles. The van der Waals surface area contributed by atoms with E-state index in [1.54, 1.807) is 4.90 Å². The van der Waals surface area contributed by atoms with E-state index in [0.29, 0.717) is 32.4 Å². The molecule has 1 aromatic rings. The maximum absolute atomic E-state index is 12.8. The topological polar surface area (TPSA) is 91.8 Å². The summed E-state index contributed by atoms with van der Waals surface area (Å²) in [4.78, 5) is 43.9. The number of nitrogens with zero attached hydrogens (tertiary/aromatic N) is 3. The average molecular weight is 503 g/mol. The number of piperidine rings is 1. The van der Waals surface area contributed by atoms with Gasteiger partial charge in [-0.1, -0.05) is 0 Å². The summed E-state index contributed by atoms with van der Waals surface area (Å²) in [5.74, 6) is -1.92. The SMILES string of the molecule is COC(=O)[C@H]1CC[C@H](NC(=O)N2CCC(c3nc4c(s3)CN(C(=O)C(F)(F)F)CC4)CC2)CC1. The monoisotopic (exact) mass is 502 g/mol. The Kier molecular flexibility index (Phi) is 7.34. The van der Waals surface area contributed by atoms with Crippen LogP contribution in [0.3, 0.4) is 0 Å².